The van der Waals surface area contributed by atoms with Gasteiger partial charge in [-0.15, -0.1) is 13.2 Å². The quantitative estimate of drug-likeness (QED) is 0.417. The Morgan fingerprint density at radius 2 is 0.897 bits per heavy atom. The van der Waals surface area contributed by atoms with E-state index in [2.05, 4.69) is 23.8 Å². The monoisotopic (exact) mass is 404 g/mol. The summed E-state index contributed by atoms with van der Waals surface area (Å²) in [6.45, 7) is 7.93. The van der Waals surface area contributed by atoms with E-state index in [0.717, 1.165) is 38.5 Å². The van der Waals surface area contributed by atoms with Gasteiger partial charge in [-0.3, -0.25) is 29.8 Å². The van der Waals surface area contributed by atoms with E-state index in [1.165, 1.54) is 0 Å². The maximum atomic E-state index is 11.3. The molecular formula is C22H32N2O5. The first kappa shape index (κ1) is 21.7. The zero-order valence-electron chi connectivity index (χ0n) is 17.1. The predicted octanol–water partition coefficient (Wildman–Crippen LogP) is 1.41. The molecule has 4 saturated carbocycles. The molecule has 29 heavy (non-hydrogen) atoms. The highest BCUT2D eigenvalue weighted by Gasteiger charge is 2.58. The van der Waals surface area contributed by atoms with Gasteiger partial charge in [0.25, 0.3) is 0 Å². The van der Waals surface area contributed by atoms with Crippen LogP contribution in [0, 0.1) is 47.3 Å². The van der Waals surface area contributed by atoms with Crippen molar-refractivity contribution in [3.05, 3.63) is 13.2 Å². The van der Waals surface area contributed by atoms with Gasteiger partial charge < -0.3 is 5.11 Å². The normalized spacial score (nSPS) is 41.9. The van der Waals surface area contributed by atoms with E-state index in [4.69, 9.17) is 5.11 Å². The van der Waals surface area contributed by atoms with Crippen molar-refractivity contribution in [1.29, 1.82) is 0 Å². The number of nitrogens with one attached hydrogen (secondary N) is 2. The Morgan fingerprint density at radius 3 is 1.10 bits per heavy atom. The zero-order valence-corrected chi connectivity index (χ0v) is 17.1. The van der Waals surface area contributed by atoms with Crippen molar-refractivity contribution in [3.63, 3.8) is 0 Å². The van der Waals surface area contributed by atoms with E-state index >= 15 is 0 Å². The summed E-state index contributed by atoms with van der Waals surface area (Å²) in [7, 11) is 0. The minimum Gasteiger partial charge on any atom is -0.397 e. The van der Waals surface area contributed by atoms with E-state index in [0.29, 0.717) is 23.7 Å². The Balaban J connectivity index is 0.000000136. The molecule has 7 nitrogen and oxygen atoms in total. The first-order valence-corrected chi connectivity index (χ1v) is 10.8. The van der Waals surface area contributed by atoms with Gasteiger partial charge in [-0.05, 0) is 69.1 Å². The number of rotatable bonds is 0. The van der Waals surface area contributed by atoms with Gasteiger partial charge in [0.1, 0.15) is 0 Å². The number of aliphatic hydroxyl groups is 1. The Hall–Kier alpha value is -2.02. The van der Waals surface area contributed by atoms with Gasteiger partial charge in [-0.25, -0.2) is 0 Å². The van der Waals surface area contributed by atoms with Gasteiger partial charge in [0.2, 0.25) is 23.6 Å². The molecule has 0 unspecified atom stereocenters. The molecule has 4 bridgehead atoms. The summed E-state index contributed by atoms with van der Waals surface area (Å²) in [6, 6.07) is 0. The summed E-state index contributed by atoms with van der Waals surface area (Å²) in [4.78, 5) is 45.3. The zero-order chi connectivity index (χ0) is 21.3. The summed E-state index contributed by atoms with van der Waals surface area (Å²) in [5.41, 5.74) is 0. The third kappa shape index (κ3) is 3.65. The third-order valence-corrected chi connectivity index (χ3v) is 7.54. The summed E-state index contributed by atoms with van der Waals surface area (Å²) in [5, 5.41) is 12.5. The van der Waals surface area contributed by atoms with Gasteiger partial charge in [0.05, 0.1) is 23.7 Å². The van der Waals surface area contributed by atoms with Crippen molar-refractivity contribution in [2.24, 2.45) is 47.3 Å². The van der Waals surface area contributed by atoms with Crippen molar-refractivity contribution in [3.8, 4) is 0 Å². The molecule has 3 N–H and O–H groups in total. The summed E-state index contributed by atoms with van der Waals surface area (Å²) in [6.07, 6.45) is 6.88. The first-order chi connectivity index (χ1) is 14.0. The van der Waals surface area contributed by atoms with Gasteiger partial charge in [-0.1, -0.05) is 0 Å². The van der Waals surface area contributed by atoms with E-state index < -0.39 is 0 Å². The highest BCUT2D eigenvalue weighted by Crippen LogP contribution is 2.55. The molecule has 2 saturated heterocycles. The summed E-state index contributed by atoms with van der Waals surface area (Å²) < 4.78 is 0. The average Bonchev–Trinajstić information content (AvgIpc) is 3.51. The van der Waals surface area contributed by atoms with Gasteiger partial charge in [0, 0.05) is 6.61 Å². The van der Waals surface area contributed by atoms with Crippen LogP contribution in [0.25, 0.3) is 0 Å². The topological polar surface area (TPSA) is 113 Å². The number of carbonyl (C=O) groups excluding carboxylic acids is 4. The number of fused-ring (bicyclic) bond motifs is 10. The van der Waals surface area contributed by atoms with E-state index in [1.54, 1.807) is 6.92 Å². The van der Waals surface area contributed by atoms with Crippen molar-refractivity contribution in [2.45, 2.75) is 45.4 Å². The molecule has 4 aliphatic carbocycles. The van der Waals surface area contributed by atoms with Gasteiger partial charge >= 0.3 is 0 Å². The fraction of sp³-hybridized carbons (Fsp3) is 0.727. The van der Waals surface area contributed by atoms with Crippen LogP contribution in [0.15, 0.2) is 13.2 Å². The van der Waals surface area contributed by atoms with E-state index in [9.17, 15) is 19.2 Å². The molecule has 0 radical (unpaired) electrons. The van der Waals surface area contributed by atoms with Crippen LogP contribution in [0.4, 0.5) is 0 Å². The van der Waals surface area contributed by atoms with Crippen LogP contribution in [-0.4, -0.2) is 35.3 Å². The lowest BCUT2D eigenvalue weighted by Crippen LogP contribution is -2.24. The van der Waals surface area contributed by atoms with Crippen LogP contribution in [0.5, 0.6) is 0 Å². The molecule has 6 aliphatic rings. The van der Waals surface area contributed by atoms with E-state index in [-0.39, 0.29) is 53.9 Å². The largest absolute Gasteiger partial charge is 0.397 e. The molecule has 0 aromatic heterocycles. The fourth-order valence-corrected chi connectivity index (χ4v) is 6.67. The van der Waals surface area contributed by atoms with Crippen LogP contribution >= 0.6 is 0 Å². The van der Waals surface area contributed by atoms with E-state index in [1.807, 2.05) is 0 Å². The minimum absolute atomic E-state index is 0.00259. The average molecular weight is 405 g/mol. The maximum absolute atomic E-state index is 11.3. The van der Waals surface area contributed by atoms with Crippen LogP contribution < -0.4 is 10.6 Å². The molecule has 4 amide bonds. The Bertz CT molecular complexity index is 585. The molecule has 0 aromatic rings. The fourth-order valence-electron chi connectivity index (χ4n) is 6.67. The molecule has 160 valence electrons. The number of hydrogen-bond donors (Lipinski definition) is 3. The SMILES string of the molecule is C=C.CCO.O=C1NC(=O)[C@H]2[C@@H]3CC[C@@H](C3)[C@@H]12.O=C1NC(=O)[C@H]2[C@@H]3CC[C@@H](C3)[C@@H]12. The molecule has 2 heterocycles. The predicted molar refractivity (Wildman–Crippen MR) is 106 cm³/mol. The molecule has 7 heteroatoms. The van der Waals surface area contributed by atoms with Crippen LogP contribution in [-0.2, 0) is 19.2 Å². The lowest BCUT2D eigenvalue weighted by atomic mass is 9.81. The molecular weight excluding hydrogens is 372 g/mol. The number of aliphatic hydroxyl groups excluding tert-OH is 1. The molecule has 0 spiro atoms. The second-order valence-corrected chi connectivity index (χ2v) is 8.79. The highest BCUT2D eigenvalue weighted by molar-refractivity contribution is 6.06. The van der Waals surface area contributed by atoms with Crippen LogP contribution in [0.2, 0.25) is 0 Å². The van der Waals surface area contributed by atoms with Crippen molar-refractivity contribution in [2.75, 3.05) is 6.61 Å². The number of imide groups is 2. The summed E-state index contributed by atoms with van der Waals surface area (Å²) >= 11 is 0. The smallest absolute Gasteiger partial charge is 0.230 e. The first-order valence-electron chi connectivity index (χ1n) is 10.8. The maximum Gasteiger partial charge on any atom is 0.230 e. The van der Waals surface area contributed by atoms with Crippen molar-refractivity contribution in [1.82, 2.24) is 10.6 Å². The molecule has 0 aromatic carbocycles. The standard InChI is InChI=1S/2C9H11NO2.C2H6O.C2H4/c2*11-8-6-4-1-2-5(3-4)7(6)9(12)10-8;1-2-3;1-2/h2*4-7H,1-3H2,(H,10,11,12);3H,2H2,1H3;1-2H2/t2*4-,5+,6+,7-;;. The highest BCUT2D eigenvalue weighted by atomic mass is 16.2. The molecule has 6 fully saturated rings. The lowest BCUT2D eigenvalue weighted by Gasteiger charge is -2.19. The van der Waals surface area contributed by atoms with Crippen LogP contribution in [0.3, 0.4) is 0 Å². The minimum atomic E-state index is -0.00259. The third-order valence-electron chi connectivity index (χ3n) is 7.54. The molecule has 2 aliphatic heterocycles. The van der Waals surface area contributed by atoms with Crippen molar-refractivity contribution < 1.29 is 24.3 Å². The second-order valence-electron chi connectivity index (χ2n) is 8.79. The molecule has 6 rings (SSSR count). The van der Waals surface area contributed by atoms with Gasteiger partial charge in [0.15, 0.2) is 0 Å². The number of hydrogen-bond acceptors (Lipinski definition) is 5. The second kappa shape index (κ2) is 8.78. The Labute approximate surface area is 171 Å². The van der Waals surface area contributed by atoms with Crippen LogP contribution in [0.1, 0.15) is 45.4 Å². The summed E-state index contributed by atoms with van der Waals surface area (Å²) in [5.74, 6) is 2.28. The number of carbonyl (C=O) groups is 4. The molecule has 8 atom stereocenters. The van der Waals surface area contributed by atoms with Crippen molar-refractivity contribution >= 4 is 23.6 Å². The Kier molecular flexibility index (Phi) is 6.56. The Morgan fingerprint density at radius 1 is 0.690 bits per heavy atom. The lowest BCUT2D eigenvalue weighted by molar-refractivity contribution is -0.128. The number of amides is 4. The van der Waals surface area contributed by atoms with Gasteiger partial charge in [-0.2, -0.15) is 0 Å².